The summed E-state index contributed by atoms with van der Waals surface area (Å²) in [6.45, 7) is 2.98. The maximum Gasteiger partial charge on any atom is 0.258 e. The molecule has 0 aromatic carbocycles. The highest BCUT2D eigenvalue weighted by Gasteiger charge is 2.27. The Bertz CT molecular complexity index is 400. The molecule has 1 heterocycles. The first-order valence-corrected chi connectivity index (χ1v) is 6.79. The van der Waals surface area contributed by atoms with Crippen LogP contribution in [0.3, 0.4) is 0 Å². The van der Waals surface area contributed by atoms with Gasteiger partial charge in [-0.2, -0.15) is 4.37 Å². The molecule has 6 heteroatoms. The summed E-state index contributed by atoms with van der Waals surface area (Å²) in [4.78, 5) is 12.0. The summed E-state index contributed by atoms with van der Waals surface area (Å²) in [6.07, 6.45) is 4.33. The number of hydrogen-bond donors (Lipinski definition) is 3. The molecular formula is C11H18N4OS. The topological polar surface area (TPSA) is 80.0 Å². The minimum atomic E-state index is -0.0993. The van der Waals surface area contributed by atoms with Crippen LogP contribution in [-0.4, -0.2) is 22.9 Å². The molecule has 1 saturated carbocycles. The first-order chi connectivity index (χ1) is 8.22. The van der Waals surface area contributed by atoms with E-state index in [9.17, 15) is 4.79 Å². The van der Waals surface area contributed by atoms with E-state index in [0.717, 1.165) is 37.2 Å². The Morgan fingerprint density at radius 1 is 1.59 bits per heavy atom. The molecule has 0 radical (unpaired) electrons. The standard InChI is InChI=1S/C11H18N4OS/c1-2-3-6-13-11-8(9(12)15-17-11)10(16)14-7-4-5-7/h7,13H,2-6H2,1H3,(H2,12,15)(H,14,16). The summed E-state index contributed by atoms with van der Waals surface area (Å²) in [6, 6.07) is 0.338. The smallest absolute Gasteiger partial charge is 0.258 e. The zero-order valence-electron chi connectivity index (χ0n) is 9.95. The van der Waals surface area contributed by atoms with Crippen LogP contribution < -0.4 is 16.4 Å². The number of hydrogen-bond acceptors (Lipinski definition) is 5. The van der Waals surface area contributed by atoms with E-state index < -0.39 is 0 Å². The normalized spacial score (nSPS) is 14.6. The number of unbranched alkanes of at least 4 members (excludes halogenated alkanes) is 1. The molecule has 5 nitrogen and oxygen atoms in total. The van der Waals surface area contributed by atoms with Crippen LogP contribution in [0, 0.1) is 0 Å². The minimum Gasteiger partial charge on any atom is -0.382 e. The van der Waals surface area contributed by atoms with E-state index in [-0.39, 0.29) is 5.91 Å². The van der Waals surface area contributed by atoms with Crippen LogP contribution in [0.15, 0.2) is 0 Å². The molecule has 0 bridgehead atoms. The molecule has 94 valence electrons. The first-order valence-electron chi connectivity index (χ1n) is 6.02. The molecule has 0 saturated heterocycles. The zero-order chi connectivity index (χ0) is 12.3. The van der Waals surface area contributed by atoms with Crippen molar-refractivity contribution in [2.75, 3.05) is 17.6 Å². The lowest BCUT2D eigenvalue weighted by atomic mass is 10.2. The van der Waals surface area contributed by atoms with E-state index in [1.54, 1.807) is 0 Å². The fourth-order valence-electron chi connectivity index (χ4n) is 1.51. The molecule has 0 atom stereocenters. The average Bonchev–Trinajstić information content (AvgIpc) is 3.02. The van der Waals surface area contributed by atoms with E-state index in [4.69, 9.17) is 5.73 Å². The first kappa shape index (κ1) is 12.2. The monoisotopic (exact) mass is 254 g/mol. The third-order valence-electron chi connectivity index (χ3n) is 2.67. The van der Waals surface area contributed by atoms with Gasteiger partial charge in [0, 0.05) is 12.6 Å². The van der Waals surface area contributed by atoms with E-state index in [1.807, 2.05) is 0 Å². The molecule has 4 N–H and O–H groups in total. The van der Waals surface area contributed by atoms with Gasteiger partial charge in [-0.15, -0.1) is 0 Å². The van der Waals surface area contributed by atoms with Crippen molar-refractivity contribution in [2.45, 2.75) is 38.6 Å². The number of rotatable bonds is 6. The van der Waals surface area contributed by atoms with Gasteiger partial charge in [-0.3, -0.25) is 4.79 Å². The molecule has 2 rings (SSSR count). The van der Waals surface area contributed by atoms with Crippen LogP contribution in [0.4, 0.5) is 10.8 Å². The van der Waals surface area contributed by atoms with Crippen LogP contribution in [0.25, 0.3) is 0 Å². The van der Waals surface area contributed by atoms with Crippen LogP contribution in [0.2, 0.25) is 0 Å². The van der Waals surface area contributed by atoms with Gasteiger partial charge < -0.3 is 16.4 Å². The Kier molecular flexibility index (Phi) is 3.83. The predicted octanol–water partition coefficient (Wildman–Crippen LogP) is 1.83. The van der Waals surface area contributed by atoms with E-state index >= 15 is 0 Å². The van der Waals surface area contributed by atoms with Crippen molar-refractivity contribution in [1.82, 2.24) is 9.69 Å². The number of nitrogens with one attached hydrogen (secondary N) is 2. The summed E-state index contributed by atoms with van der Waals surface area (Å²) in [5.41, 5.74) is 6.25. The van der Waals surface area contributed by atoms with Crippen molar-refractivity contribution >= 4 is 28.3 Å². The van der Waals surface area contributed by atoms with Gasteiger partial charge in [0.2, 0.25) is 0 Å². The molecule has 1 fully saturated rings. The van der Waals surface area contributed by atoms with Gasteiger partial charge in [0.1, 0.15) is 10.6 Å². The highest BCUT2D eigenvalue weighted by Crippen LogP contribution is 2.28. The van der Waals surface area contributed by atoms with Gasteiger partial charge in [0.25, 0.3) is 5.91 Å². The fourth-order valence-corrected chi connectivity index (χ4v) is 2.24. The lowest BCUT2D eigenvalue weighted by Gasteiger charge is -2.06. The number of anilines is 2. The van der Waals surface area contributed by atoms with Gasteiger partial charge in [-0.25, -0.2) is 0 Å². The van der Waals surface area contributed by atoms with Gasteiger partial charge >= 0.3 is 0 Å². The Balaban J connectivity index is 2.02. The SMILES string of the molecule is CCCCNc1snc(N)c1C(=O)NC1CC1. The fraction of sp³-hybridized carbons (Fsp3) is 0.636. The average molecular weight is 254 g/mol. The number of carbonyl (C=O) groups is 1. The predicted molar refractivity (Wildman–Crippen MR) is 70.4 cm³/mol. The van der Waals surface area contributed by atoms with Crippen molar-refractivity contribution in [3.05, 3.63) is 5.56 Å². The maximum absolute atomic E-state index is 12.0. The van der Waals surface area contributed by atoms with Gasteiger partial charge in [-0.05, 0) is 30.8 Å². The lowest BCUT2D eigenvalue weighted by Crippen LogP contribution is -2.26. The van der Waals surface area contributed by atoms with Gasteiger partial charge in [0.05, 0.1) is 0 Å². The number of carbonyl (C=O) groups excluding carboxylic acids is 1. The minimum absolute atomic E-state index is 0.0993. The van der Waals surface area contributed by atoms with E-state index in [1.165, 1.54) is 11.5 Å². The molecule has 1 aromatic heterocycles. The Hall–Kier alpha value is -1.30. The summed E-state index contributed by atoms with van der Waals surface area (Å²) < 4.78 is 4.04. The molecule has 1 amide bonds. The third kappa shape index (κ3) is 3.09. The van der Waals surface area contributed by atoms with E-state index in [0.29, 0.717) is 17.4 Å². The second-order valence-corrected chi connectivity index (χ2v) is 5.07. The summed E-state index contributed by atoms with van der Waals surface area (Å²) in [7, 11) is 0. The molecule has 0 unspecified atom stereocenters. The van der Waals surface area contributed by atoms with Crippen LogP contribution in [0.1, 0.15) is 43.0 Å². The van der Waals surface area contributed by atoms with Gasteiger partial charge in [0.15, 0.2) is 5.82 Å². The van der Waals surface area contributed by atoms with Crippen LogP contribution in [0.5, 0.6) is 0 Å². The number of nitrogens with two attached hydrogens (primary N) is 1. The quantitative estimate of drug-likeness (QED) is 0.677. The molecule has 1 aliphatic rings. The second kappa shape index (κ2) is 5.35. The zero-order valence-corrected chi connectivity index (χ0v) is 10.8. The number of nitrogens with zero attached hydrogens (tertiary/aromatic N) is 1. The van der Waals surface area contributed by atoms with Crippen LogP contribution >= 0.6 is 11.5 Å². The number of amides is 1. The third-order valence-corrected chi connectivity index (χ3v) is 3.49. The summed E-state index contributed by atoms with van der Waals surface area (Å²) in [5.74, 6) is 0.227. The van der Waals surface area contributed by atoms with Crippen molar-refractivity contribution in [3.63, 3.8) is 0 Å². The molecular weight excluding hydrogens is 236 g/mol. The molecule has 0 aliphatic heterocycles. The lowest BCUT2D eigenvalue weighted by molar-refractivity contribution is 0.0953. The second-order valence-electron chi connectivity index (χ2n) is 4.30. The number of nitrogen functional groups attached to an aromatic ring is 1. The summed E-state index contributed by atoms with van der Waals surface area (Å²) in [5, 5.41) is 6.95. The Morgan fingerprint density at radius 3 is 3.00 bits per heavy atom. The van der Waals surface area contributed by atoms with Crippen molar-refractivity contribution in [3.8, 4) is 0 Å². The van der Waals surface area contributed by atoms with Crippen molar-refractivity contribution in [1.29, 1.82) is 0 Å². The highest BCUT2D eigenvalue weighted by molar-refractivity contribution is 7.11. The van der Waals surface area contributed by atoms with Gasteiger partial charge in [-0.1, -0.05) is 13.3 Å². The summed E-state index contributed by atoms with van der Waals surface area (Å²) >= 11 is 1.26. The van der Waals surface area contributed by atoms with Crippen LogP contribution in [-0.2, 0) is 0 Å². The Labute approximate surface area is 105 Å². The highest BCUT2D eigenvalue weighted by atomic mass is 32.1. The van der Waals surface area contributed by atoms with E-state index in [2.05, 4.69) is 21.9 Å². The van der Waals surface area contributed by atoms with Crippen molar-refractivity contribution < 1.29 is 4.79 Å². The number of aromatic nitrogens is 1. The molecule has 1 aliphatic carbocycles. The van der Waals surface area contributed by atoms with Crippen molar-refractivity contribution in [2.24, 2.45) is 0 Å². The molecule has 0 spiro atoms. The largest absolute Gasteiger partial charge is 0.382 e. The molecule has 1 aromatic rings. The molecule has 17 heavy (non-hydrogen) atoms. The Morgan fingerprint density at radius 2 is 2.35 bits per heavy atom. The maximum atomic E-state index is 12.0.